The average Bonchev–Trinajstić information content (AvgIpc) is 3.46. The number of hydrogen-bond donors (Lipinski definition) is 2. The molecule has 0 atom stereocenters. The molecule has 2 aliphatic rings. The lowest BCUT2D eigenvalue weighted by Crippen LogP contribution is -2.48. The van der Waals surface area contributed by atoms with E-state index in [4.69, 9.17) is 15.8 Å². The molecule has 8 nitrogen and oxygen atoms in total. The van der Waals surface area contributed by atoms with E-state index in [1.807, 2.05) is 10.6 Å². The quantitative estimate of drug-likeness (QED) is 0.608. The third-order valence-corrected chi connectivity index (χ3v) is 6.98. The van der Waals surface area contributed by atoms with E-state index < -0.39 is 0 Å². The van der Waals surface area contributed by atoms with Gasteiger partial charge in [-0.3, -0.25) is 9.69 Å². The van der Waals surface area contributed by atoms with Crippen LogP contribution < -0.4 is 16.0 Å². The molecule has 1 aromatic carbocycles. The molecule has 10 heteroatoms. The minimum atomic E-state index is -0.298. The Balaban J connectivity index is 1.44. The second-order valence-corrected chi connectivity index (χ2v) is 9.19. The minimum absolute atomic E-state index is 0.275. The number of aromatic nitrogens is 3. The van der Waals surface area contributed by atoms with Gasteiger partial charge in [0.15, 0.2) is 5.82 Å². The summed E-state index contributed by atoms with van der Waals surface area (Å²) in [6.07, 6.45) is 4.67. The Kier molecular flexibility index (Phi) is 5.49. The van der Waals surface area contributed by atoms with E-state index in [1.54, 1.807) is 6.07 Å². The van der Waals surface area contributed by atoms with Crippen LogP contribution in [0.1, 0.15) is 25.7 Å². The first-order valence-corrected chi connectivity index (χ1v) is 11.6. The van der Waals surface area contributed by atoms with Crippen LogP contribution in [0.5, 0.6) is 0 Å². The molecule has 2 aromatic heterocycles. The predicted octanol–water partition coefficient (Wildman–Crippen LogP) is 2.56. The van der Waals surface area contributed by atoms with Crippen LogP contribution in [0, 0.1) is 5.82 Å². The van der Waals surface area contributed by atoms with E-state index in [2.05, 4.69) is 15.1 Å². The molecule has 31 heavy (non-hydrogen) atoms. The van der Waals surface area contributed by atoms with Gasteiger partial charge in [0.2, 0.25) is 16.0 Å². The number of primary amides is 1. The first-order valence-electron chi connectivity index (χ1n) is 10.7. The summed E-state index contributed by atoms with van der Waals surface area (Å²) in [6, 6.07) is 6.94. The van der Waals surface area contributed by atoms with Crippen LogP contribution in [0.4, 0.5) is 15.3 Å². The largest absolute Gasteiger partial charge is 0.369 e. The first kappa shape index (κ1) is 20.2. The van der Waals surface area contributed by atoms with Gasteiger partial charge in [-0.15, -0.1) is 5.10 Å². The highest BCUT2D eigenvalue weighted by Gasteiger charge is 2.26. The lowest BCUT2D eigenvalue weighted by atomic mass is 10.1. The normalized spacial score (nSPS) is 18.2. The number of piperazine rings is 1. The van der Waals surface area contributed by atoms with E-state index in [-0.39, 0.29) is 11.7 Å². The number of hydrogen-bond acceptors (Lipinski definition) is 7. The number of amides is 1. The van der Waals surface area contributed by atoms with Gasteiger partial charge < -0.3 is 16.0 Å². The summed E-state index contributed by atoms with van der Waals surface area (Å²) in [5.41, 5.74) is 6.80. The summed E-state index contributed by atoms with van der Waals surface area (Å²) in [4.78, 5) is 21.1. The maximum absolute atomic E-state index is 13.9. The summed E-state index contributed by atoms with van der Waals surface area (Å²) >= 11 is 1.53. The van der Waals surface area contributed by atoms with Gasteiger partial charge in [0.25, 0.3) is 0 Å². The molecule has 3 heterocycles. The number of anilines is 2. The first-order chi connectivity index (χ1) is 15.1. The van der Waals surface area contributed by atoms with Crippen molar-refractivity contribution >= 4 is 33.2 Å². The molecule has 3 N–H and O–H groups in total. The van der Waals surface area contributed by atoms with Crippen LogP contribution in [0.2, 0.25) is 0 Å². The predicted molar refractivity (Wildman–Crippen MR) is 120 cm³/mol. The Morgan fingerprint density at radius 3 is 2.71 bits per heavy atom. The van der Waals surface area contributed by atoms with E-state index >= 15 is 0 Å². The van der Waals surface area contributed by atoms with Crippen LogP contribution in [0.3, 0.4) is 0 Å². The lowest BCUT2D eigenvalue weighted by Gasteiger charge is -2.33. The zero-order valence-corrected chi connectivity index (χ0v) is 18.1. The van der Waals surface area contributed by atoms with Crippen molar-refractivity contribution in [3.8, 4) is 11.3 Å². The Morgan fingerprint density at radius 2 is 2.00 bits per heavy atom. The molecule has 2 fully saturated rings. The molecule has 164 valence electrons. The van der Waals surface area contributed by atoms with E-state index in [0.717, 1.165) is 66.2 Å². The smallest absolute Gasteiger partial charge is 0.231 e. The molecule has 0 bridgehead atoms. The van der Waals surface area contributed by atoms with Crippen molar-refractivity contribution in [2.75, 3.05) is 42.9 Å². The summed E-state index contributed by atoms with van der Waals surface area (Å²) in [5.74, 6) is 0.263. The number of halogens is 1. The van der Waals surface area contributed by atoms with Gasteiger partial charge in [0.05, 0.1) is 6.54 Å². The van der Waals surface area contributed by atoms with Crippen LogP contribution in [-0.2, 0) is 4.79 Å². The highest BCUT2D eigenvalue weighted by molar-refractivity contribution is 7.20. The van der Waals surface area contributed by atoms with Crippen LogP contribution in [-0.4, -0.2) is 64.2 Å². The van der Waals surface area contributed by atoms with E-state index in [1.165, 1.54) is 36.3 Å². The summed E-state index contributed by atoms with van der Waals surface area (Å²) in [5, 5.41) is 9.41. The van der Waals surface area contributed by atoms with Gasteiger partial charge in [0, 0.05) is 37.8 Å². The second-order valence-electron chi connectivity index (χ2n) is 8.25. The Hall–Kier alpha value is -2.72. The van der Waals surface area contributed by atoms with E-state index in [0.29, 0.717) is 12.6 Å². The second kappa shape index (κ2) is 8.43. The highest BCUT2D eigenvalue weighted by atomic mass is 32.1. The fraction of sp³-hybridized carbons (Fsp3) is 0.476. The Morgan fingerprint density at radius 1 is 1.23 bits per heavy atom. The molecule has 1 saturated heterocycles. The lowest BCUT2D eigenvalue weighted by molar-refractivity contribution is -0.119. The molecular weight excluding hydrogens is 417 g/mol. The molecule has 0 radical (unpaired) electrons. The molecule has 3 aromatic rings. The van der Waals surface area contributed by atoms with Gasteiger partial charge >= 0.3 is 0 Å². The van der Waals surface area contributed by atoms with Crippen LogP contribution >= 0.6 is 11.3 Å². The topological polar surface area (TPSA) is 91.8 Å². The van der Waals surface area contributed by atoms with Crippen LogP contribution in [0.15, 0.2) is 24.3 Å². The van der Waals surface area contributed by atoms with Gasteiger partial charge in [-0.25, -0.2) is 9.37 Å². The Bertz CT molecular complexity index is 1080. The summed E-state index contributed by atoms with van der Waals surface area (Å²) in [7, 11) is 0. The van der Waals surface area contributed by atoms with Crippen LogP contribution in [0.25, 0.3) is 16.2 Å². The maximum atomic E-state index is 13.9. The molecule has 0 spiro atoms. The van der Waals surface area contributed by atoms with Gasteiger partial charge in [-0.05, 0) is 25.0 Å². The van der Waals surface area contributed by atoms with Gasteiger partial charge in [-0.1, -0.05) is 36.3 Å². The number of imidazole rings is 1. The maximum Gasteiger partial charge on any atom is 0.231 e. The van der Waals surface area contributed by atoms with Crippen molar-refractivity contribution in [1.29, 1.82) is 0 Å². The Labute approximate surface area is 183 Å². The number of fused-ring (bicyclic) bond motifs is 1. The molecular formula is C21H26FN7OS. The molecule has 1 aliphatic heterocycles. The molecule has 5 rings (SSSR count). The van der Waals surface area contributed by atoms with Crippen molar-refractivity contribution in [1.82, 2.24) is 19.5 Å². The summed E-state index contributed by atoms with van der Waals surface area (Å²) < 4.78 is 15.8. The number of carbonyl (C=O) groups excluding carboxylic acids is 1. The van der Waals surface area contributed by atoms with Gasteiger partial charge in [-0.2, -0.15) is 4.52 Å². The molecule has 1 aliphatic carbocycles. The fourth-order valence-corrected chi connectivity index (χ4v) is 5.37. The van der Waals surface area contributed by atoms with Crippen molar-refractivity contribution in [3.63, 3.8) is 0 Å². The number of nitrogens with one attached hydrogen (secondary N) is 1. The zero-order valence-electron chi connectivity index (χ0n) is 17.3. The summed E-state index contributed by atoms with van der Waals surface area (Å²) in [6.45, 7) is 3.40. The minimum Gasteiger partial charge on any atom is -0.369 e. The SMILES string of the molecule is NC(=O)CN1CCN(c2nn3c(NC4CCCC4)c(-c4cccc(F)c4)nc3s2)CC1. The third kappa shape index (κ3) is 4.22. The number of nitrogens with two attached hydrogens (primary N) is 1. The number of carbonyl (C=O) groups is 1. The average molecular weight is 444 g/mol. The number of benzene rings is 1. The number of nitrogens with zero attached hydrogens (tertiary/aromatic N) is 5. The van der Waals surface area contributed by atoms with Crippen molar-refractivity contribution in [3.05, 3.63) is 30.1 Å². The fourth-order valence-electron chi connectivity index (χ4n) is 4.41. The number of rotatable bonds is 6. The molecule has 1 saturated carbocycles. The monoisotopic (exact) mass is 443 g/mol. The van der Waals surface area contributed by atoms with Crippen molar-refractivity contribution in [2.24, 2.45) is 5.73 Å². The van der Waals surface area contributed by atoms with E-state index in [9.17, 15) is 9.18 Å². The zero-order chi connectivity index (χ0) is 21.4. The van der Waals surface area contributed by atoms with Crippen molar-refractivity contribution < 1.29 is 9.18 Å². The highest BCUT2D eigenvalue weighted by Crippen LogP contribution is 2.35. The third-order valence-electron chi connectivity index (χ3n) is 6.01. The molecule has 0 unspecified atom stereocenters. The molecule has 1 amide bonds. The van der Waals surface area contributed by atoms with Crippen molar-refractivity contribution in [2.45, 2.75) is 31.7 Å². The standard InChI is InChI=1S/C21H26FN7OS/c22-15-5-3-4-14(12-15)18-19(24-16-6-1-2-7-16)29-20(25-18)31-21(26-29)28-10-8-27(9-11-28)13-17(23)30/h3-5,12,16,24H,1-2,6-11,13H2,(H2,23,30). The van der Waals surface area contributed by atoms with Gasteiger partial charge in [0.1, 0.15) is 11.5 Å².